The van der Waals surface area contributed by atoms with Gasteiger partial charge in [0.15, 0.2) is 17.4 Å². The minimum Gasteiger partial charge on any atom is -0.494 e. The molecule has 1 aromatic carbocycles. The van der Waals surface area contributed by atoms with Crippen LogP contribution in [0.3, 0.4) is 0 Å². The number of hydrogen-bond donors (Lipinski definition) is 1. The summed E-state index contributed by atoms with van der Waals surface area (Å²) in [5, 5.41) is 6.25. The van der Waals surface area contributed by atoms with Crippen molar-refractivity contribution in [3.63, 3.8) is 0 Å². The first-order chi connectivity index (χ1) is 12.1. The average molecular weight is 344 g/mol. The third-order valence-electron chi connectivity index (χ3n) is 3.43. The minimum atomic E-state index is -0.700. The molecule has 0 radical (unpaired) electrons. The van der Waals surface area contributed by atoms with Gasteiger partial charge in [-0.15, -0.1) is 0 Å². The summed E-state index contributed by atoms with van der Waals surface area (Å²) in [6.45, 7) is -0.0621. The highest BCUT2D eigenvalue weighted by atomic mass is 19.1. The Bertz CT molecular complexity index is 875. The van der Waals surface area contributed by atoms with E-state index in [4.69, 9.17) is 9.26 Å². The van der Waals surface area contributed by atoms with E-state index in [9.17, 15) is 14.0 Å². The van der Waals surface area contributed by atoms with Crippen molar-refractivity contribution in [3.05, 3.63) is 53.4 Å². The van der Waals surface area contributed by atoms with Gasteiger partial charge in [-0.1, -0.05) is 11.2 Å². The standard InChI is InChI=1S/C16H13FN4O4/c1-24-12-5-4-9(7-11(12)17)15(22)19-8-13-20-14(21-25-13)10-3-2-6-18-16(10)23/h2-7,10H,8H2,1H3,(H,19,22). The monoisotopic (exact) mass is 344 g/mol. The van der Waals surface area contributed by atoms with E-state index in [-0.39, 0.29) is 29.6 Å². The first kappa shape index (κ1) is 16.5. The Morgan fingerprint density at radius 1 is 1.44 bits per heavy atom. The number of aromatic nitrogens is 2. The van der Waals surface area contributed by atoms with Crippen LogP contribution < -0.4 is 10.1 Å². The van der Waals surface area contributed by atoms with Gasteiger partial charge >= 0.3 is 0 Å². The maximum absolute atomic E-state index is 13.6. The van der Waals surface area contributed by atoms with Crippen LogP contribution in [0.25, 0.3) is 0 Å². The molecule has 1 aliphatic rings. The molecule has 1 N–H and O–H groups in total. The Morgan fingerprint density at radius 3 is 3.00 bits per heavy atom. The fourth-order valence-electron chi connectivity index (χ4n) is 2.17. The van der Waals surface area contributed by atoms with Gasteiger partial charge in [-0.2, -0.15) is 4.98 Å². The number of carbonyl (C=O) groups is 2. The first-order valence-corrected chi connectivity index (χ1v) is 7.27. The van der Waals surface area contributed by atoms with Crippen LogP contribution >= 0.6 is 0 Å². The zero-order valence-corrected chi connectivity index (χ0v) is 13.1. The number of allylic oxidation sites excluding steroid dienone is 1. The average Bonchev–Trinajstić information content (AvgIpc) is 3.08. The van der Waals surface area contributed by atoms with E-state index in [1.54, 1.807) is 12.2 Å². The van der Waals surface area contributed by atoms with Gasteiger partial charge in [0, 0.05) is 11.8 Å². The molecule has 0 fully saturated rings. The molecular formula is C16H13FN4O4. The van der Waals surface area contributed by atoms with Crippen molar-refractivity contribution in [2.75, 3.05) is 7.11 Å². The number of nitrogens with one attached hydrogen (secondary N) is 1. The van der Waals surface area contributed by atoms with E-state index in [0.29, 0.717) is 0 Å². The molecule has 1 unspecified atom stereocenters. The summed E-state index contributed by atoms with van der Waals surface area (Å²) in [6.07, 6.45) is 4.60. The van der Waals surface area contributed by atoms with Crippen molar-refractivity contribution in [1.29, 1.82) is 0 Å². The molecule has 1 atom stereocenters. The highest BCUT2D eigenvalue weighted by molar-refractivity contribution is 5.97. The van der Waals surface area contributed by atoms with Gasteiger partial charge in [0.25, 0.3) is 11.8 Å². The molecule has 0 aliphatic carbocycles. The lowest BCUT2D eigenvalue weighted by atomic mass is 10.1. The maximum atomic E-state index is 13.6. The van der Waals surface area contributed by atoms with E-state index in [1.165, 1.54) is 25.5 Å². The van der Waals surface area contributed by atoms with Crippen LogP contribution in [0.15, 0.2) is 39.9 Å². The lowest BCUT2D eigenvalue weighted by molar-refractivity contribution is -0.118. The Kier molecular flexibility index (Phi) is 4.64. The number of methoxy groups -OCH3 is 1. The summed E-state index contributed by atoms with van der Waals surface area (Å²) in [7, 11) is 1.34. The number of benzene rings is 1. The molecule has 1 aromatic heterocycles. The number of hydrogen-bond acceptors (Lipinski definition) is 6. The van der Waals surface area contributed by atoms with Crippen LogP contribution in [0, 0.1) is 5.82 Å². The summed E-state index contributed by atoms with van der Waals surface area (Å²) in [5.41, 5.74) is 0.123. The van der Waals surface area contributed by atoms with Gasteiger partial charge in [-0.05, 0) is 24.3 Å². The van der Waals surface area contributed by atoms with Crippen molar-refractivity contribution >= 4 is 18.0 Å². The zero-order chi connectivity index (χ0) is 17.8. The number of amides is 2. The molecule has 0 bridgehead atoms. The molecule has 3 rings (SSSR count). The minimum absolute atomic E-state index is 0.0472. The van der Waals surface area contributed by atoms with Crippen molar-refractivity contribution in [2.45, 2.75) is 12.5 Å². The molecular weight excluding hydrogens is 331 g/mol. The number of rotatable bonds is 5. The van der Waals surface area contributed by atoms with Crippen molar-refractivity contribution < 1.29 is 23.2 Å². The van der Waals surface area contributed by atoms with Crippen LogP contribution in [-0.2, 0) is 11.3 Å². The molecule has 128 valence electrons. The Balaban J connectivity index is 1.63. The van der Waals surface area contributed by atoms with Crippen LogP contribution in [0.2, 0.25) is 0 Å². The SMILES string of the molecule is COc1ccc(C(=O)NCc2nc(C3C=CC=NC3=O)no2)cc1F. The topological polar surface area (TPSA) is 107 Å². The summed E-state index contributed by atoms with van der Waals surface area (Å²) < 4.78 is 23.4. The second-order valence-corrected chi connectivity index (χ2v) is 5.06. The molecule has 9 heteroatoms. The van der Waals surface area contributed by atoms with Crippen molar-refractivity contribution in [3.8, 4) is 5.75 Å². The molecule has 8 nitrogen and oxygen atoms in total. The van der Waals surface area contributed by atoms with Crippen LogP contribution in [0.4, 0.5) is 4.39 Å². The van der Waals surface area contributed by atoms with E-state index >= 15 is 0 Å². The Hall–Kier alpha value is -3.36. The summed E-state index contributed by atoms with van der Waals surface area (Å²) in [6, 6.07) is 3.85. The molecule has 2 heterocycles. The smallest absolute Gasteiger partial charge is 0.260 e. The van der Waals surface area contributed by atoms with Crippen molar-refractivity contribution in [2.24, 2.45) is 4.99 Å². The fourth-order valence-corrected chi connectivity index (χ4v) is 2.17. The van der Waals surface area contributed by atoms with E-state index in [2.05, 4.69) is 20.4 Å². The van der Waals surface area contributed by atoms with Gasteiger partial charge in [-0.25, -0.2) is 9.38 Å². The van der Waals surface area contributed by atoms with Gasteiger partial charge in [0.1, 0.15) is 5.92 Å². The molecule has 0 saturated carbocycles. The van der Waals surface area contributed by atoms with E-state index < -0.39 is 23.5 Å². The van der Waals surface area contributed by atoms with Crippen molar-refractivity contribution in [1.82, 2.24) is 15.5 Å². The number of halogens is 1. The van der Waals surface area contributed by atoms with Gasteiger partial charge < -0.3 is 14.6 Å². The third-order valence-corrected chi connectivity index (χ3v) is 3.43. The summed E-state index contributed by atoms with van der Waals surface area (Å²) in [4.78, 5) is 31.4. The lowest BCUT2D eigenvalue weighted by Crippen LogP contribution is -2.23. The molecule has 1 aliphatic heterocycles. The van der Waals surface area contributed by atoms with Gasteiger partial charge in [0.05, 0.1) is 13.7 Å². The molecule has 2 amide bonds. The summed E-state index contributed by atoms with van der Waals surface area (Å²) >= 11 is 0. The summed E-state index contributed by atoms with van der Waals surface area (Å²) in [5.74, 6) is -1.92. The normalized spacial score (nSPS) is 16.1. The number of dihydropyridines is 1. The highest BCUT2D eigenvalue weighted by Crippen LogP contribution is 2.19. The molecule has 0 saturated heterocycles. The molecule has 0 spiro atoms. The first-order valence-electron chi connectivity index (χ1n) is 7.27. The number of aliphatic imine (C=N–C) groups is 1. The number of carbonyl (C=O) groups excluding carboxylic acids is 2. The Labute approximate surface area is 141 Å². The van der Waals surface area contributed by atoms with Gasteiger partial charge in [-0.3, -0.25) is 9.59 Å². The number of nitrogens with zero attached hydrogens (tertiary/aromatic N) is 3. The lowest BCUT2D eigenvalue weighted by Gasteiger charge is -2.05. The fraction of sp³-hybridized carbons (Fsp3) is 0.188. The predicted octanol–water partition coefficient (Wildman–Crippen LogP) is 1.40. The van der Waals surface area contributed by atoms with Gasteiger partial charge in [0.2, 0.25) is 5.89 Å². The second-order valence-electron chi connectivity index (χ2n) is 5.06. The number of ether oxygens (including phenoxy) is 1. The highest BCUT2D eigenvalue weighted by Gasteiger charge is 2.24. The Morgan fingerprint density at radius 2 is 2.28 bits per heavy atom. The van der Waals surface area contributed by atoms with Crippen LogP contribution in [-0.4, -0.2) is 35.3 Å². The molecule has 2 aromatic rings. The molecule has 25 heavy (non-hydrogen) atoms. The second kappa shape index (κ2) is 7.04. The van der Waals surface area contributed by atoms with E-state index in [1.807, 2.05) is 0 Å². The largest absolute Gasteiger partial charge is 0.494 e. The third kappa shape index (κ3) is 3.60. The maximum Gasteiger partial charge on any atom is 0.260 e. The predicted molar refractivity (Wildman–Crippen MR) is 83.8 cm³/mol. The van der Waals surface area contributed by atoms with E-state index in [0.717, 1.165) is 6.07 Å². The quantitative estimate of drug-likeness (QED) is 0.878. The zero-order valence-electron chi connectivity index (χ0n) is 13.1. The van der Waals surface area contributed by atoms with Crippen LogP contribution in [0.5, 0.6) is 5.75 Å². The van der Waals surface area contributed by atoms with Crippen LogP contribution in [0.1, 0.15) is 28.0 Å².